The van der Waals surface area contributed by atoms with Gasteiger partial charge >= 0.3 is 0 Å². The standard InChI is InChI=1S/C26H31N5O/c1-20(32)29-13-15-30(16-14-29)23-9-10-26(22-5-3-2-4-6-22)11-12-31(24(26)17-23)25-8-7-21(18-27)19-28-25/h2-8,19,23-24H,9-17H2,1H3/t23-,24-,26+/m1/s1. The molecule has 1 saturated carbocycles. The SMILES string of the molecule is CC(=O)N1CCN([C@@H]2CC[C@@]3(c4ccccc4)CCN(c4ccc(C#N)cn4)[C@@H]3C2)CC1. The van der Waals surface area contributed by atoms with Crippen LogP contribution in [0.2, 0.25) is 0 Å². The Morgan fingerprint density at radius 3 is 2.50 bits per heavy atom. The summed E-state index contributed by atoms with van der Waals surface area (Å²) in [5.41, 5.74) is 2.20. The van der Waals surface area contributed by atoms with Crippen LogP contribution in [0.4, 0.5) is 5.82 Å². The number of piperazine rings is 1. The van der Waals surface area contributed by atoms with Crippen LogP contribution in [0.15, 0.2) is 48.7 Å². The van der Waals surface area contributed by atoms with Gasteiger partial charge < -0.3 is 9.80 Å². The van der Waals surface area contributed by atoms with Crippen molar-refractivity contribution >= 4 is 11.7 Å². The molecule has 0 unspecified atom stereocenters. The number of hydrogen-bond donors (Lipinski definition) is 0. The van der Waals surface area contributed by atoms with E-state index in [1.54, 1.807) is 13.1 Å². The van der Waals surface area contributed by atoms with Crippen molar-refractivity contribution < 1.29 is 4.79 Å². The fraction of sp³-hybridized carbons (Fsp3) is 0.500. The molecule has 0 bridgehead atoms. The molecule has 2 aliphatic heterocycles. The number of benzene rings is 1. The fourth-order valence-electron chi connectivity index (χ4n) is 6.27. The van der Waals surface area contributed by atoms with Crippen molar-refractivity contribution in [3.8, 4) is 6.07 Å². The highest BCUT2D eigenvalue weighted by Gasteiger charge is 2.52. The molecule has 3 heterocycles. The first-order chi connectivity index (χ1) is 15.6. The summed E-state index contributed by atoms with van der Waals surface area (Å²) >= 11 is 0. The van der Waals surface area contributed by atoms with Crippen LogP contribution < -0.4 is 4.90 Å². The molecule has 0 radical (unpaired) electrons. The van der Waals surface area contributed by atoms with Crippen LogP contribution in [0.1, 0.15) is 43.7 Å². The van der Waals surface area contributed by atoms with Crippen molar-refractivity contribution in [1.29, 1.82) is 5.26 Å². The lowest BCUT2D eigenvalue weighted by molar-refractivity contribution is -0.131. The maximum atomic E-state index is 11.7. The second kappa shape index (κ2) is 8.55. The molecule has 0 N–H and O–H groups in total. The number of nitrogens with zero attached hydrogens (tertiary/aromatic N) is 5. The van der Waals surface area contributed by atoms with Gasteiger partial charge in [-0.25, -0.2) is 4.98 Å². The lowest BCUT2D eigenvalue weighted by Crippen LogP contribution is -2.57. The van der Waals surface area contributed by atoms with Crippen LogP contribution in [-0.2, 0) is 10.2 Å². The first kappa shape index (κ1) is 21.0. The van der Waals surface area contributed by atoms with Crippen LogP contribution in [0, 0.1) is 11.3 Å². The van der Waals surface area contributed by atoms with Gasteiger partial charge in [-0.05, 0) is 43.4 Å². The van der Waals surface area contributed by atoms with E-state index < -0.39 is 0 Å². The smallest absolute Gasteiger partial charge is 0.219 e. The molecule has 6 heteroatoms. The number of pyridine rings is 1. The highest BCUT2D eigenvalue weighted by Crippen LogP contribution is 2.50. The number of amides is 1. The van der Waals surface area contributed by atoms with E-state index in [1.807, 2.05) is 17.0 Å². The second-order valence-electron chi connectivity index (χ2n) is 9.47. The van der Waals surface area contributed by atoms with Crippen LogP contribution >= 0.6 is 0 Å². The van der Waals surface area contributed by atoms with E-state index in [-0.39, 0.29) is 11.3 Å². The van der Waals surface area contributed by atoms with Gasteiger partial charge in [0.2, 0.25) is 5.91 Å². The molecule has 2 aromatic rings. The van der Waals surface area contributed by atoms with Crippen LogP contribution in [0.25, 0.3) is 0 Å². The fourth-order valence-corrected chi connectivity index (χ4v) is 6.27. The number of nitriles is 1. The van der Waals surface area contributed by atoms with Gasteiger partial charge in [0.1, 0.15) is 11.9 Å². The second-order valence-corrected chi connectivity index (χ2v) is 9.47. The van der Waals surface area contributed by atoms with Gasteiger partial charge in [0.25, 0.3) is 0 Å². The molecule has 1 aromatic carbocycles. The maximum Gasteiger partial charge on any atom is 0.219 e. The summed E-state index contributed by atoms with van der Waals surface area (Å²) in [6, 6.07) is 18.0. The average Bonchev–Trinajstić information content (AvgIpc) is 3.24. The first-order valence-corrected chi connectivity index (χ1v) is 11.8. The van der Waals surface area contributed by atoms with E-state index in [0.29, 0.717) is 17.6 Å². The number of aromatic nitrogens is 1. The van der Waals surface area contributed by atoms with Crippen molar-refractivity contribution in [1.82, 2.24) is 14.8 Å². The summed E-state index contributed by atoms with van der Waals surface area (Å²) in [5, 5.41) is 9.17. The molecular formula is C26H31N5O. The molecule has 0 spiro atoms. The van der Waals surface area contributed by atoms with Crippen molar-refractivity contribution in [2.45, 2.75) is 50.1 Å². The maximum absolute atomic E-state index is 11.7. The Hall–Kier alpha value is -2.91. The number of rotatable bonds is 3. The van der Waals surface area contributed by atoms with E-state index in [9.17, 15) is 4.79 Å². The number of fused-ring (bicyclic) bond motifs is 1. The molecule has 1 amide bonds. The number of hydrogen-bond acceptors (Lipinski definition) is 5. The Bertz CT molecular complexity index is 993. The lowest BCUT2D eigenvalue weighted by Gasteiger charge is -2.49. The molecule has 3 atom stereocenters. The molecule has 1 aliphatic carbocycles. The normalized spacial score (nSPS) is 28.2. The van der Waals surface area contributed by atoms with Gasteiger partial charge in [-0.15, -0.1) is 0 Å². The van der Waals surface area contributed by atoms with Gasteiger partial charge in [-0.2, -0.15) is 5.26 Å². The minimum Gasteiger partial charge on any atom is -0.353 e. The van der Waals surface area contributed by atoms with E-state index in [1.165, 1.54) is 18.4 Å². The van der Waals surface area contributed by atoms with Gasteiger partial charge in [0.15, 0.2) is 0 Å². The number of anilines is 1. The van der Waals surface area contributed by atoms with Gasteiger partial charge in [0, 0.05) is 63.3 Å². The quantitative estimate of drug-likeness (QED) is 0.750. The summed E-state index contributed by atoms with van der Waals surface area (Å²) in [5.74, 6) is 1.17. The molecule has 2 saturated heterocycles. The molecule has 6 nitrogen and oxygen atoms in total. The Morgan fingerprint density at radius 2 is 1.84 bits per heavy atom. The molecule has 5 rings (SSSR count). The van der Waals surface area contributed by atoms with Crippen molar-refractivity contribution in [2.75, 3.05) is 37.6 Å². The summed E-state index contributed by atoms with van der Waals surface area (Å²) in [4.78, 5) is 23.5. The zero-order valence-electron chi connectivity index (χ0n) is 18.8. The van der Waals surface area contributed by atoms with E-state index in [4.69, 9.17) is 5.26 Å². The minimum absolute atomic E-state index is 0.147. The topological polar surface area (TPSA) is 63.5 Å². The van der Waals surface area contributed by atoms with E-state index >= 15 is 0 Å². The van der Waals surface area contributed by atoms with Crippen LogP contribution in [0.3, 0.4) is 0 Å². The van der Waals surface area contributed by atoms with Crippen molar-refractivity contribution in [2.24, 2.45) is 0 Å². The van der Waals surface area contributed by atoms with Gasteiger partial charge in [-0.1, -0.05) is 30.3 Å². The van der Waals surface area contributed by atoms with Gasteiger partial charge in [0.05, 0.1) is 5.56 Å². The highest BCUT2D eigenvalue weighted by atomic mass is 16.2. The highest BCUT2D eigenvalue weighted by molar-refractivity contribution is 5.73. The molecule has 32 heavy (non-hydrogen) atoms. The summed E-state index contributed by atoms with van der Waals surface area (Å²) in [6.07, 6.45) is 6.30. The van der Waals surface area contributed by atoms with Crippen molar-refractivity contribution in [3.05, 3.63) is 59.8 Å². The lowest BCUT2D eigenvalue weighted by atomic mass is 9.64. The Morgan fingerprint density at radius 1 is 1.06 bits per heavy atom. The largest absolute Gasteiger partial charge is 0.353 e. The van der Waals surface area contributed by atoms with Crippen molar-refractivity contribution in [3.63, 3.8) is 0 Å². The molecule has 3 aliphatic rings. The zero-order valence-corrected chi connectivity index (χ0v) is 18.8. The summed E-state index contributed by atoms with van der Waals surface area (Å²) in [7, 11) is 0. The predicted octanol–water partition coefficient (Wildman–Crippen LogP) is 3.19. The van der Waals surface area contributed by atoms with E-state index in [2.05, 4.69) is 51.2 Å². The Balaban J connectivity index is 1.42. The third-order valence-electron chi connectivity index (χ3n) is 8.03. The third-order valence-corrected chi connectivity index (χ3v) is 8.03. The van der Waals surface area contributed by atoms with Crippen LogP contribution in [-0.4, -0.2) is 65.5 Å². The average molecular weight is 430 g/mol. The molecule has 3 fully saturated rings. The number of carbonyl (C=O) groups is 1. The minimum atomic E-state index is 0.147. The third kappa shape index (κ3) is 3.65. The molecular weight excluding hydrogens is 398 g/mol. The first-order valence-electron chi connectivity index (χ1n) is 11.8. The summed E-state index contributed by atoms with van der Waals surface area (Å²) in [6.45, 7) is 6.26. The Kier molecular flexibility index (Phi) is 5.60. The zero-order chi connectivity index (χ0) is 22.1. The Labute approximate surface area is 190 Å². The monoisotopic (exact) mass is 429 g/mol. The van der Waals surface area contributed by atoms with Gasteiger partial charge in [-0.3, -0.25) is 9.69 Å². The van der Waals surface area contributed by atoms with Crippen LogP contribution in [0.5, 0.6) is 0 Å². The summed E-state index contributed by atoms with van der Waals surface area (Å²) < 4.78 is 0. The van der Waals surface area contributed by atoms with E-state index in [0.717, 1.165) is 51.4 Å². The molecule has 1 aromatic heterocycles. The predicted molar refractivity (Wildman–Crippen MR) is 124 cm³/mol. The number of carbonyl (C=O) groups excluding carboxylic acids is 1. The molecule has 166 valence electrons.